The first-order chi connectivity index (χ1) is 13.0. The van der Waals surface area contributed by atoms with Crippen molar-refractivity contribution < 1.29 is 18.7 Å². The number of esters is 1. The van der Waals surface area contributed by atoms with Gasteiger partial charge in [-0.3, -0.25) is 4.79 Å². The van der Waals surface area contributed by atoms with Gasteiger partial charge >= 0.3 is 5.97 Å². The summed E-state index contributed by atoms with van der Waals surface area (Å²) in [5.41, 5.74) is 0.787. The van der Waals surface area contributed by atoms with Crippen LogP contribution in [-0.4, -0.2) is 34.6 Å². The van der Waals surface area contributed by atoms with E-state index >= 15 is 0 Å². The Morgan fingerprint density at radius 3 is 2.56 bits per heavy atom. The Bertz CT molecular complexity index is 941. The number of amides is 1. The van der Waals surface area contributed by atoms with Gasteiger partial charge in [0.05, 0.1) is 16.9 Å². The molecule has 2 fully saturated rings. The summed E-state index contributed by atoms with van der Waals surface area (Å²) < 4.78 is 18.4. The fourth-order valence-corrected chi connectivity index (χ4v) is 5.34. The van der Waals surface area contributed by atoms with Crippen LogP contribution < -0.4 is 0 Å². The van der Waals surface area contributed by atoms with Crippen molar-refractivity contribution in [2.45, 2.75) is 34.5 Å². The van der Waals surface area contributed by atoms with Crippen molar-refractivity contribution in [1.29, 1.82) is 0 Å². The number of thioether (sulfide) groups is 1. The van der Waals surface area contributed by atoms with Crippen LogP contribution >= 0.6 is 11.8 Å². The zero-order valence-corrected chi connectivity index (χ0v) is 15.4. The molecule has 2 aromatic carbocycles. The number of likely N-dealkylation sites (tertiary alicyclic amines) is 1. The number of rotatable bonds is 3. The van der Waals surface area contributed by atoms with Crippen LogP contribution in [0.3, 0.4) is 0 Å². The zero-order chi connectivity index (χ0) is 18.6. The Labute approximate surface area is 160 Å². The van der Waals surface area contributed by atoms with Crippen LogP contribution in [0.1, 0.15) is 35.2 Å². The molecular formula is C21H18FNO3S. The molecular weight excluding hydrogens is 365 g/mol. The fourth-order valence-electron chi connectivity index (χ4n) is 4.09. The maximum absolute atomic E-state index is 13.2. The number of nitrogens with zero attached hydrogens (tertiary/aromatic N) is 1. The summed E-state index contributed by atoms with van der Waals surface area (Å²) in [5, 5.41) is 0. The predicted molar refractivity (Wildman–Crippen MR) is 99.0 cm³/mol. The minimum atomic E-state index is -0.708. The molecule has 4 nitrogen and oxygen atoms in total. The van der Waals surface area contributed by atoms with Crippen LogP contribution in [0, 0.1) is 5.82 Å². The molecule has 1 amide bonds. The van der Waals surface area contributed by atoms with Crippen molar-refractivity contribution in [3.05, 3.63) is 65.5 Å². The second-order valence-corrected chi connectivity index (χ2v) is 8.91. The Morgan fingerprint density at radius 2 is 1.81 bits per heavy atom. The first-order valence-corrected chi connectivity index (χ1v) is 9.90. The highest BCUT2D eigenvalue weighted by atomic mass is 32.2. The summed E-state index contributed by atoms with van der Waals surface area (Å²) in [6.45, 7) is 0.979. The van der Waals surface area contributed by atoms with Crippen LogP contribution in [0.15, 0.2) is 53.4 Å². The third kappa shape index (κ3) is 2.65. The summed E-state index contributed by atoms with van der Waals surface area (Å²) in [6.07, 6.45) is 2.25. The lowest BCUT2D eigenvalue weighted by molar-refractivity contribution is -0.131. The molecule has 138 valence electrons. The normalized spacial score (nSPS) is 24.8. The van der Waals surface area contributed by atoms with Gasteiger partial charge in [0.1, 0.15) is 5.82 Å². The summed E-state index contributed by atoms with van der Waals surface area (Å²) in [5.74, 6) is -0.491. The Balaban J connectivity index is 1.36. The molecule has 5 rings (SSSR count). The van der Waals surface area contributed by atoms with Crippen molar-refractivity contribution in [3.63, 3.8) is 0 Å². The molecule has 1 spiro atoms. The molecule has 0 aromatic heterocycles. The number of fused-ring (bicyclic) bond motifs is 2. The van der Waals surface area contributed by atoms with Gasteiger partial charge in [0, 0.05) is 23.4 Å². The van der Waals surface area contributed by atoms with Crippen molar-refractivity contribution >= 4 is 23.6 Å². The van der Waals surface area contributed by atoms with Crippen molar-refractivity contribution in [3.8, 4) is 0 Å². The average molecular weight is 383 g/mol. The molecule has 1 aliphatic carbocycles. The summed E-state index contributed by atoms with van der Waals surface area (Å²) >= 11 is 1.51. The minimum absolute atomic E-state index is 0.0918. The average Bonchev–Trinajstić information content (AvgIpc) is 3.25. The maximum atomic E-state index is 13.2. The highest BCUT2D eigenvalue weighted by Crippen LogP contribution is 2.54. The molecule has 3 aliphatic rings. The van der Waals surface area contributed by atoms with Crippen LogP contribution in [0.4, 0.5) is 4.39 Å². The standard InChI is InChI=1S/C21H18FNO3S/c22-14-5-7-15(8-6-14)27-21(9-10-21)19(25)23-12-11-20(13-23)17-4-2-1-3-16(17)18(24)26-20/h1-8H,9-13H2. The lowest BCUT2D eigenvalue weighted by atomic mass is 9.91. The van der Waals surface area contributed by atoms with E-state index in [4.69, 9.17) is 4.74 Å². The van der Waals surface area contributed by atoms with E-state index in [1.165, 1.54) is 23.9 Å². The lowest BCUT2D eigenvalue weighted by Crippen LogP contribution is -2.40. The molecule has 1 saturated heterocycles. The number of halogens is 1. The molecule has 1 unspecified atom stereocenters. The summed E-state index contributed by atoms with van der Waals surface area (Å²) in [4.78, 5) is 28.2. The topological polar surface area (TPSA) is 46.6 Å². The highest BCUT2D eigenvalue weighted by Gasteiger charge is 2.57. The summed E-state index contributed by atoms with van der Waals surface area (Å²) in [7, 11) is 0. The summed E-state index contributed by atoms with van der Waals surface area (Å²) in [6, 6.07) is 13.7. The third-order valence-electron chi connectivity index (χ3n) is 5.67. The third-order valence-corrected chi connectivity index (χ3v) is 7.15. The van der Waals surface area contributed by atoms with Gasteiger partial charge in [-0.1, -0.05) is 18.2 Å². The van der Waals surface area contributed by atoms with Crippen LogP contribution in [0.25, 0.3) is 0 Å². The van der Waals surface area contributed by atoms with Gasteiger partial charge in [-0.2, -0.15) is 0 Å². The van der Waals surface area contributed by atoms with Crippen LogP contribution in [0.5, 0.6) is 0 Å². The maximum Gasteiger partial charge on any atom is 0.339 e. The largest absolute Gasteiger partial charge is 0.449 e. The van der Waals surface area contributed by atoms with E-state index < -0.39 is 10.3 Å². The fraction of sp³-hybridized carbons (Fsp3) is 0.333. The molecule has 1 atom stereocenters. The first-order valence-electron chi connectivity index (χ1n) is 9.08. The van der Waals surface area contributed by atoms with Crippen LogP contribution in [0.2, 0.25) is 0 Å². The van der Waals surface area contributed by atoms with E-state index in [1.807, 2.05) is 23.1 Å². The Hall–Kier alpha value is -2.34. The number of hydrogen-bond acceptors (Lipinski definition) is 4. The first kappa shape index (κ1) is 16.8. The smallest absolute Gasteiger partial charge is 0.339 e. The molecule has 2 aromatic rings. The van der Waals surface area contributed by atoms with Crippen molar-refractivity contribution in [2.24, 2.45) is 0 Å². The lowest BCUT2D eigenvalue weighted by Gasteiger charge is -2.26. The van der Waals surface area contributed by atoms with E-state index in [2.05, 4.69) is 0 Å². The van der Waals surface area contributed by atoms with Crippen LogP contribution in [-0.2, 0) is 15.1 Å². The van der Waals surface area contributed by atoms with E-state index in [0.29, 0.717) is 25.1 Å². The minimum Gasteiger partial charge on any atom is -0.449 e. The number of carbonyl (C=O) groups excluding carboxylic acids is 2. The van der Waals surface area contributed by atoms with Gasteiger partial charge in [-0.05, 0) is 43.2 Å². The van der Waals surface area contributed by atoms with Crippen molar-refractivity contribution in [2.75, 3.05) is 13.1 Å². The van der Waals surface area contributed by atoms with E-state index in [-0.39, 0.29) is 17.7 Å². The number of ether oxygens (including phenoxy) is 1. The van der Waals surface area contributed by atoms with Gasteiger partial charge in [0.15, 0.2) is 5.60 Å². The monoisotopic (exact) mass is 383 g/mol. The number of hydrogen-bond donors (Lipinski definition) is 0. The van der Waals surface area contributed by atoms with Gasteiger partial charge in [-0.15, -0.1) is 11.8 Å². The molecule has 0 N–H and O–H groups in total. The second-order valence-electron chi connectivity index (χ2n) is 7.46. The van der Waals surface area contributed by atoms with E-state index in [0.717, 1.165) is 23.3 Å². The molecule has 6 heteroatoms. The Kier molecular flexibility index (Phi) is 3.63. The Morgan fingerprint density at radius 1 is 1.07 bits per heavy atom. The quantitative estimate of drug-likeness (QED) is 0.758. The van der Waals surface area contributed by atoms with Gasteiger partial charge in [0.25, 0.3) is 0 Å². The zero-order valence-electron chi connectivity index (χ0n) is 14.6. The molecule has 2 heterocycles. The van der Waals surface area contributed by atoms with Gasteiger partial charge < -0.3 is 9.64 Å². The number of benzene rings is 2. The van der Waals surface area contributed by atoms with E-state index in [1.54, 1.807) is 18.2 Å². The predicted octanol–water partition coefficient (Wildman–Crippen LogP) is 3.75. The molecule has 27 heavy (non-hydrogen) atoms. The van der Waals surface area contributed by atoms with E-state index in [9.17, 15) is 14.0 Å². The molecule has 0 bridgehead atoms. The van der Waals surface area contributed by atoms with Crippen molar-refractivity contribution in [1.82, 2.24) is 4.90 Å². The van der Waals surface area contributed by atoms with Gasteiger partial charge in [-0.25, -0.2) is 9.18 Å². The highest BCUT2D eigenvalue weighted by molar-refractivity contribution is 8.01. The van der Waals surface area contributed by atoms with Gasteiger partial charge in [0.2, 0.25) is 5.91 Å². The number of carbonyl (C=O) groups is 2. The molecule has 1 saturated carbocycles. The second kappa shape index (κ2) is 5.83. The molecule has 0 radical (unpaired) electrons. The molecule has 2 aliphatic heterocycles. The SMILES string of the molecule is O=C1OC2(CCN(C(=O)C3(Sc4ccc(F)cc4)CC3)C2)c2ccccc21.